The van der Waals surface area contributed by atoms with E-state index >= 15 is 0 Å². The summed E-state index contributed by atoms with van der Waals surface area (Å²) in [6, 6.07) is 0. The molecule has 0 aromatic heterocycles. The lowest BCUT2D eigenvalue weighted by atomic mass is 9.42. The fourth-order valence-corrected chi connectivity index (χ4v) is 8.67. The summed E-state index contributed by atoms with van der Waals surface area (Å²) < 4.78 is 0. The van der Waals surface area contributed by atoms with Gasteiger partial charge in [0.1, 0.15) is 5.78 Å². The number of carbonyl (C=O) groups excluding carboxylic acids is 2. The number of carbonyl (C=O) groups is 3. The molecule has 4 rings (SSSR count). The number of fused-ring (bicyclic) bond motifs is 4. The second-order valence-corrected chi connectivity index (χ2v) is 13.0. The van der Waals surface area contributed by atoms with E-state index in [9.17, 15) is 29.7 Å². The molecule has 0 bridgehead atoms. The number of rotatable bonds is 4. The second kappa shape index (κ2) is 7.47. The number of ketones is 2. The molecule has 4 N–H and O–H groups in total. The summed E-state index contributed by atoms with van der Waals surface area (Å²) >= 11 is 0. The Morgan fingerprint density at radius 2 is 1.74 bits per heavy atom. The second-order valence-electron chi connectivity index (χ2n) is 13.0. The van der Waals surface area contributed by atoms with Gasteiger partial charge in [-0.3, -0.25) is 14.4 Å². The number of hydrogen-bond acceptors (Lipinski definition) is 6. The van der Waals surface area contributed by atoms with E-state index in [1.165, 1.54) is 0 Å². The molecule has 0 aromatic rings. The van der Waals surface area contributed by atoms with Gasteiger partial charge in [-0.05, 0) is 67.3 Å². The molecule has 7 heteroatoms. The van der Waals surface area contributed by atoms with Crippen LogP contribution in [-0.4, -0.2) is 55.8 Å². The number of carboxylic acid groups (broad SMARTS) is 1. The van der Waals surface area contributed by atoms with E-state index in [-0.39, 0.29) is 43.2 Å². The molecule has 8 atom stereocenters. The molecule has 2 saturated carbocycles. The first kappa shape index (κ1) is 25.5. The maximum absolute atomic E-state index is 13.9. The van der Waals surface area contributed by atoms with Gasteiger partial charge in [0.05, 0.1) is 23.2 Å². The standard InChI is InChI=1S/C27H40O7/c1-23(2)16-11-14(28)22-21(24(16,3)9-7-18(23)30)15(29)13-25(4)17(12-19(31)27(22,25)6)26(5,34)10-8-20(32)33/h14,16-18,28,30,34H,7-13H2,1-6H3,(H,32,33)/t14-,16-,17-,18-,24-,25+,26+,27-/m0/s1. The first-order chi connectivity index (χ1) is 15.4. The van der Waals surface area contributed by atoms with Crippen LogP contribution in [0.2, 0.25) is 0 Å². The van der Waals surface area contributed by atoms with Gasteiger partial charge in [-0.1, -0.05) is 27.7 Å². The van der Waals surface area contributed by atoms with Crippen molar-refractivity contribution in [2.45, 2.75) is 104 Å². The van der Waals surface area contributed by atoms with Crippen molar-refractivity contribution in [2.75, 3.05) is 0 Å². The van der Waals surface area contributed by atoms with E-state index < -0.39 is 51.4 Å². The molecule has 34 heavy (non-hydrogen) atoms. The van der Waals surface area contributed by atoms with Crippen LogP contribution >= 0.6 is 0 Å². The highest BCUT2D eigenvalue weighted by molar-refractivity contribution is 6.05. The molecule has 4 aliphatic rings. The smallest absolute Gasteiger partial charge is 0.303 e. The van der Waals surface area contributed by atoms with Gasteiger partial charge >= 0.3 is 5.97 Å². The Morgan fingerprint density at radius 3 is 2.32 bits per heavy atom. The van der Waals surface area contributed by atoms with Crippen LogP contribution in [0.1, 0.15) is 86.5 Å². The fraction of sp³-hybridized carbons (Fsp3) is 0.815. The van der Waals surface area contributed by atoms with E-state index in [4.69, 9.17) is 5.11 Å². The number of Topliss-reactive ketones (excluding diaryl/α,β-unsaturated/α-hetero) is 2. The van der Waals surface area contributed by atoms with Crippen LogP contribution in [0, 0.1) is 33.5 Å². The highest BCUT2D eigenvalue weighted by Crippen LogP contribution is 2.71. The Labute approximate surface area is 201 Å². The van der Waals surface area contributed by atoms with Crippen LogP contribution in [0.3, 0.4) is 0 Å². The first-order valence-corrected chi connectivity index (χ1v) is 12.6. The molecule has 4 aliphatic carbocycles. The van der Waals surface area contributed by atoms with Gasteiger partial charge in [0.15, 0.2) is 5.78 Å². The van der Waals surface area contributed by atoms with Crippen LogP contribution in [0.4, 0.5) is 0 Å². The zero-order valence-electron chi connectivity index (χ0n) is 21.3. The first-order valence-electron chi connectivity index (χ1n) is 12.6. The third kappa shape index (κ3) is 3.09. The predicted molar refractivity (Wildman–Crippen MR) is 125 cm³/mol. The minimum atomic E-state index is -1.44. The van der Waals surface area contributed by atoms with Crippen molar-refractivity contribution in [3.63, 3.8) is 0 Å². The van der Waals surface area contributed by atoms with E-state index in [2.05, 4.69) is 6.92 Å². The molecule has 0 unspecified atom stereocenters. The number of hydrogen-bond donors (Lipinski definition) is 4. The monoisotopic (exact) mass is 476 g/mol. The van der Waals surface area contributed by atoms with Gasteiger partial charge in [0, 0.05) is 30.8 Å². The minimum Gasteiger partial charge on any atom is -0.481 e. The largest absolute Gasteiger partial charge is 0.481 e. The SMILES string of the molecule is CC1(C)[C@@H](O)CC[C@]2(C)C3=C([C@@H](O)C[C@@H]12)[C@]1(C)C(=O)C[C@H]([C@](C)(O)CCC(=O)O)[C@@]1(C)CC3=O. The molecule has 0 amide bonds. The molecule has 0 aliphatic heterocycles. The van der Waals surface area contributed by atoms with Crippen LogP contribution in [0.5, 0.6) is 0 Å². The van der Waals surface area contributed by atoms with Gasteiger partial charge in [-0.2, -0.15) is 0 Å². The van der Waals surface area contributed by atoms with Gasteiger partial charge < -0.3 is 20.4 Å². The Kier molecular flexibility index (Phi) is 5.61. The predicted octanol–water partition coefficient (Wildman–Crippen LogP) is 3.04. The molecule has 0 heterocycles. The van der Waals surface area contributed by atoms with Crippen LogP contribution in [0.15, 0.2) is 11.1 Å². The zero-order chi connectivity index (χ0) is 25.6. The molecular formula is C27H40O7. The molecule has 7 nitrogen and oxygen atoms in total. The van der Waals surface area contributed by atoms with E-state index in [0.717, 1.165) is 0 Å². The average Bonchev–Trinajstić information content (AvgIpc) is 2.93. The lowest BCUT2D eigenvalue weighted by Gasteiger charge is -2.62. The third-order valence-corrected chi connectivity index (χ3v) is 10.9. The molecule has 0 spiro atoms. The number of aliphatic hydroxyl groups is 3. The molecule has 0 saturated heterocycles. The lowest BCUT2D eigenvalue weighted by molar-refractivity contribution is -0.148. The summed E-state index contributed by atoms with van der Waals surface area (Å²) in [5.41, 5.74) is -3.46. The summed E-state index contributed by atoms with van der Waals surface area (Å²) in [6.07, 6.45) is -0.118. The quantitative estimate of drug-likeness (QED) is 0.490. The molecule has 190 valence electrons. The number of aliphatic carboxylic acids is 1. The summed E-state index contributed by atoms with van der Waals surface area (Å²) in [4.78, 5) is 38.9. The summed E-state index contributed by atoms with van der Waals surface area (Å²) in [6.45, 7) is 11.3. The maximum atomic E-state index is 13.9. The number of aliphatic hydroxyl groups excluding tert-OH is 2. The minimum absolute atomic E-state index is 0.0134. The zero-order valence-corrected chi connectivity index (χ0v) is 21.3. The van der Waals surface area contributed by atoms with E-state index in [1.807, 2.05) is 27.7 Å². The van der Waals surface area contributed by atoms with Crippen molar-refractivity contribution in [1.29, 1.82) is 0 Å². The van der Waals surface area contributed by atoms with Gasteiger partial charge in [0.2, 0.25) is 0 Å². The average molecular weight is 477 g/mol. The molecule has 2 fully saturated rings. The van der Waals surface area contributed by atoms with E-state index in [1.54, 1.807) is 6.92 Å². The summed E-state index contributed by atoms with van der Waals surface area (Å²) in [5, 5.41) is 42.8. The van der Waals surface area contributed by atoms with Gasteiger partial charge in [-0.15, -0.1) is 0 Å². The van der Waals surface area contributed by atoms with Crippen molar-refractivity contribution >= 4 is 17.5 Å². The van der Waals surface area contributed by atoms with Crippen molar-refractivity contribution in [3.05, 3.63) is 11.1 Å². The molecule has 0 aromatic carbocycles. The van der Waals surface area contributed by atoms with Gasteiger partial charge in [-0.25, -0.2) is 0 Å². The van der Waals surface area contributed by atoms with Crippen molar-refractivity contribution in [2.24, 2.45) is 33.5 Å². The summed E-state index contributed by atoms with van der Waals surface area (Å²) in [7, 11) is 0. The Morgan fingerprint density at radius 1 is 1.12 bits per heavy atom. The lowest BCUT2D eigenvalue weighted by Crippen LogP contribution is -2.61. The van der Waals surface area contributed by atoms with Crippen LogP contribution < -0.4 is 0 Å². The Hall–Kier alpha value is -1.57. The van der Waals surface area contributed by atoms with E-state index in [0.29, 0.717) is 30.4 Å². The summed E-state index contributed by atoms with van der Waals surface area (Å²) in [5.74, 6) is -1.93. The third-order valence-electron chi connectivity index (χ3n) is 10.9. The number of allylic oxidation sites excluding steroid dienone is 1. The molecular weight excluding hydrogens is 436 g/mol. The Balaban J connectivity index is 1.87. The van der Waals surface area contributed by atoms with Crippen molar-refractivity contribution in [1.82, 2.24) is 0 Å². The van der Waals surface area contributed by atoms with Gasteiger partial charge in [0.25, 0.3) is 0 Å². The molecule has 0 radical (unpaired) electrons. The Bertz CT molecular complexity index is 977. The van der Waals surface area contributed by atoms with Crippen molar-refractivity contribution in [3.8, 4) is 0 Å². The maximum Gasteiger partial charge on any atom is 0.303 e. The highest BCUT2D eigenvalue weighted by Gasteiger charge is 2.71. The van der Waals surface area contributed by atoms with Crippen LogP contribution in [-0.2, 0) is 14.4 Å². The van der Waals surface area contributed by atoms with Crippen LogP contribution in [0.25, 0.3) is 0 Å². The van der Waals surface area contributed by atoms with Crippen molar-refractivity contribution < 1.29 is 34.8 Å². The fourth-order valence-electron chi connectivity index (χ4n) is 8.67. The number of carboxylic acids is 1. The topological polar surface area (TPSA) is 132 Å². The normalized spacial score (nSPS) is 45.3. The highest BCUT2D eigenvalue weighted by atomic mass is 16.4.